The Hall–Kier alpha value is -0.420. The summed E-state index contributed by atoms with van der Waals surface area (Å²) in [6.07, 6.45) is 0. The Kier molecular flexibility index (Phi) is 5.59. The first-order valence-electron chi connectivity index (χ1n) is 5.94. The van der Waals surface area contributed by atoms with Crippen LogP contribution in [-0.4, -0.2) is 31.4 Å². The monoisotopic (exact) mass is 257 g/mol. The summed E-state index contributed by atoms with van der Waals surface area (Å²) >= 11 is 1.60. The van der Waals surface area contributed by atoms with Gasteiger partial charge in [0.1, 0.15) is 0 Å². The molecule has 0 radical (unpaired) electrons. The van der Waals surface area contributed by atoms with Crippen LogP contribution in [0.2, 0.25) is 0 Å². The Morgan fingerprint density at radius 2 is 2.24 bits per heavy atom. The zero-order chi connectivity index (χ0) is 12.9. The molecule has 0 saturated carbocycles. The number of thiophene rings is 1. The van der Waals surface area contributed by atoms with Crippen molar-refractivity contribution in [2.24, 2.45) is 5.92 Å². The van der Waals surface area contributed by atoms with Gasteiger partial charge in [-0.25, -0.2) is 0 Å². The summed E-state index contributed by atoms with van der Waals surface area (Å²) in [6.45, 7) is 7.34. The maximum Gasteiger partial charge on any atom is 0.1000 e. The largest absolute Gasteiger partial charge is 0.384 e. The molecule has 0 spiro atoms. The molecule has 0 saturated heterocycles. The predicted molar refractivity (Wildman–Crippen MR) is 72.4 cm³/mol. The maximum absolute atomic E-state index is 10.4. The van der Waals surface area contributed by atoms with Crippen LogP contribution in [-0.2, 0) is 10.3 Å². The van der Waals surface area contributed by atoms with Crippen LogP contribution in [0, 0.1) is 5.92 Å². The van der Waals surface area contributed by atoms with E-state index in [1.165, 1.54) is 0 Å². The lowest BCUT2D eigenvalue weighted by molar-refractivity contribution is 0.0456. The van der Waals surface area contributed by atoms with E-state index < -0.39 is 5.60 Å². The quantitative estimate of drug-likeness (QED) is 0.787. The smallest absolute Gasteiger partial charge is 0.1000 e. The van der Waals surface area contributed by atoms with Crippen LogP contribution in [0.1, 0.15) is 26.3 Å². The number of hydrogen-bond acceptors (Lipinski definition) is 4. The number of rotatable bonds is 7. The number of ether oxygens (including phenoxy) is 1. The molecule has 98 valence electrons. The fourth-order valence-electron chi connectivity index (χ4n) is 1.67. The van der Waals surface area contributed by atoms with E-state index in [0.717, 1.165) is 5.56 Å². The Morgan fingerprint density at radius 3 is 2.71 bits per heavy atom. The second-order valence-corrected chi connectivity index (χ2v) is 5.75. The lowest BCUT2D eigenvalue weighted by atomic mass is 9.97. The highest BCUT2D eigenvalue weighted by Crippen LogP contribution is 2.22. The third-order valence-electron chi connectivity index (χ3n) is 3.00. The first kappa shape index (κ1) is 14.6. The van der Waals surface area contributed by atoms with Gasteiger partial charge in [-0.3, -0.25) is 0 Å². The van der Waals surface area contributed by atoms with E-state index in [0.29, 0.717) is 19.1 Å². The second-order valence-electron chi connectivity index (χ2n) is 4.97. The van der Waals surface area contributed by atoms with Crippen LogP contribution in [0.3, 0.4) is 0 Å². The molecule has 0 unspecified atom stereocenters. The van der Waals surface area contributed by atoms with E-state index in [1.54, 1.807) is 18.4 Å². The molecule has 0 bridgehead atoms. The van der Waals surface area contributed by atoms with Gasteiger partial charge in [-0.2, -0.15) is 11.3 Å². The standard InChI is InChI=1S/C13H23NO2S/c1-10(2)12(7-16-4)14-9-13(3,15)11-5-6-17-8-11/h5-6,8,10,12,14-15H,7,9H2,1-4H3/t12-,13-/m0/s1. The van der Waals surface area contributed by atoms with Crippen molar-refractivity contribution in [2.75, 3.05) is 20.3 Å². The van der Waals surface area contributed by atoms with Crippen LogP contribution in [0.15, 0.2) is 16.8 Å². The molecule has 0 aliphatic rings. The normalized spacial score (nSPS) is 17.1. The molecule has 1 heterocycles. The summed E-state index contributed by atoms with van der Waals surface area (Å²) in [5.74, 6) is 0.480. The molecule has 0 fully saturated rings. The fourth-order valence-corrected chi connectivity index (χ4v) is 2.45. The van der Waals surface area contributed by atoms with Gasteiger partial charge >= 0.3 is 0 Å². The number of methoxy groups -OCH3 is 1. The molecule has 2 N–H and O–H groups in total. The van der Waals surface area contributed by atoms with Crippen LogP contribution in [0.25, 0.3) is 0 Å². The molecule has 0 aliphatic carbocycles. The number of aliphatic hydroxyl groups is 1. The number of hydrogen-bond donors (Lipinski definition) is 2. The van der Waals surface area contributed by atoms with E-state index in [4.69, 9.17) is 4.74 Å². The minimum absolute atomic E-state index is 0.269. The first-order valence-corrected chi connectivity index (χ1v) is 6.89. The Morgan fingerprint density at radius 1 is 1.53 bits per heavy atom. The summed E-state index contributed by atoms with van der Waals surface area (Å²) in [7, 11) is 1.70. The average Bonchev–Trinajstić information content (AvgIpc) is 2.77. The molecular weight excluding hydrogens is 234 g/mol. The van der Waals surface area contributed by atoms with Gasteiger partial charge in [0, 0.05) is 19.7 Å². The zero-order valence-electron chi connectivity index (χ0n) is 11.1. The van der Waals surface area contributed by atoms with Gasteiger partial charge in [-0.05, 0) is 35.2 Å². The third-order valence-corrected chi connectivity index (χ3v) is 3.69. The molecular formula is C13H23NO2S. The van der Waals surface area contributed by atoms with Gasteiger partial charge in [-0.15, -0.1) is 0 Å². The van der Waals surface area contributed by atoms with E-state index in [1.807, 2.05) is 23.8 Å². The van der Waals surface area contributed by atoms with Gasteiger partial charge in [0.25, 0.3) is 0 Å². The summed E-state index contributed by atoms with van der Waals surface area (Å²) in [4.78, 5) is 0. The van der Waals surface area contributed by atoms with Gasteiger partial charge in [0.15, 0.2) is 0 Å². The highest BCUT2D eigenvalue weighted by atomic mass is 32.1. The molecule has 4 heteroatoms. The second kappa shape index (κ2) is 6.50. The van der Waals surface area contributed by atoms with Gasteiger partial charge in [-0.1, -0.05) is 13.8 Å². The molecule has 3 nitrogen and oxygen atoms in total. The minimum atomic E-state index is -0.819. The SMILES string of the molecule is COC[C@H](NC[C@](C)(O)c1ccsc1)C(C)C. The average molecular weight is 257 g/mol. The molecule has 17 heavy (non-hydrogen) atoms. The summed E-state index contributed by atoms with van der Waals surface area (Å²) in [6, 6.07) is 2.23. The predicted octanol–water partition coefficient (Wildman–Crippen LogP) is 2.22. The molecule has 1 aromatic heterocycles. The van der Waals surface area contributed by atoms with Crippen LogP contribution in [0.4, 0.5) is 0 Å². The van der Waals surface area contributed by atoms with E-state index in [2.05, 4.69) is 19.2 Å². The summed E-state index contributed by atoms with van der Waals surface area (Å²) in [5.41, 5.74) is 0.149. The van der Waals surface area contributed by atoms with Crippen LogP contribution >= 0.6 is 11.3 Å². The Labute approximate surface area is 108 Å². The van der Waals surface area contributed by atoms with E-state index in [9.17, 15) is 5.11 Å². The van der Waals surface area contributed by atoms with Crippen molar-refractivity contribution >= 4 is 11.3 Å². The van der Waals surface area contributed by atoms with Crippen LogP contribution < -0.4 is 5.32 Å². The minimum Gasteiger partial charge on any atom is -0.384 e. The van der Waals surface area contributed by atoms with Gasteiger partial charge < -0.3 is 15.2 Å². The van der Waals surface area contributed by atoms with Crippen molar-refractivity contribution < 1.29 is 9.84 Å². The molecule has 1 rings (SSSR count). The number of nitrogens with one attached hydrogen (secondary N) is 1. The van der Waals surface area contributed by atoms with E-state index in [-0.39, 0.29) is 6.04 Å². The third kappa shape index (κ3) is 4.39. The van der Waals surface area contributed by atoms with Crippen molar-refractivity contribution in [2.45, 2.75) is 32.4 Å². The molecule has 2 atom stereocenters. The lowest BCUT2D eigenvalue weighted by Crippen LogP contribution is -2.45. The molecule has 1 aromatic rings. The molecule has 0 amide bonds. The Bertz CT molecular complexity index is 309. The highest BCUT2D eigenvalue weighted by molar-refractivity contribution is 7.08. The highest BCUT2D eigenvalue weighted by Gasteiger charge is 2.25. The topological polar surface area (TPSA) is 41.5 Å². The first-order chi connectivity index (χ1) is 7.97. The molecule has 0 aliphatic heterocycles. The maximum atomic E-state index is 10.4. The van der Waals surface area contributed by atoms with Crippen LogP contribution in [0.5, 0.6) is 0 Å². The van der Waals surface area contributed by atoms with Gasteiger partial charge in [0.2, 0.25) is 0 Å². The van der Waals surface area contributed by atoms with Crippen molar-refractivity contribution in [3.8, 4) is 0 Å². The fraction of sp³-hybridized carbons (Fsp3) is 0.692. The van der Waals surface area contributed by atoms with E-state index >= 15 is 0 Å². The van der Waals surface area contributed by atoms with Crippen molar-refractivity contribution in [1.82, 2.24) is 5.32 Å². The van der Waals surface area contributed by atoms with Crippen molar-refractivity contribution in [1.29, 1.82) is 0 Å². The Balaban J connectivity index is 2.53. The summed E-state index contributed by atoms with van der Waals surface area (Å²) in [5, 5.41) is 17.7. The zero-order valence-corrected chi connectivity index (χ0v) is 11.9. The lowest BCUT2D eigenvalue weighted by Gasteiger charge is -2.28. The summed E-state index contributed by atoms with van der Waals surface area (Å²) < 4.78 is 5.18. The molecule has 0 aromatic carbocycles. The van der Waals surface area contributed by atoms with Crippen molar-refractivity contribution in [3.63, 3.8) is 0 Å². The van der Waals surface area contributed by atoms with Gasteiger partial charge in [0.05, 0.1) is 12.2 Å². The van der Waals surface area contributed by atoms with Crippen molar-refractivity contribution in [3.05, 3.63) is 22.4 Å².